The Balaban J connectivity index is 2.13. The van der Waals surface area contributed by atoms with Crippen LogP contribution in [0.15, 0.2) is 24.3 Å². The highest BCUT2D eigenvalue weighted by Crippen LogP contribution is 2.38. The quantitative estimate of drug-likeness (QED) is 0.801. The minimum Gasteiger partial charge on any atom is -0.481 e. The van der Waals surface area contributed by atoms with Gasteiger partial charge in [-0.1, -0.05) is 12.1 Å². The molecular formula is C14H13F5N2O4. The van der Waals surface area contributed by atoms with Gasteiger partial charge in [0, 0.05) is 13.1 Å². The molecule has 2 amide bonds. The van der Waals surface area contributed by atoms with Crippen molar-refractivity contribution in [3.05, 3.63) is 24.3 Å². The fourth-order valence-electron chi connectivity index (χ4n) is 2.51. The second-order valence-corrected chi connectivity index (χ2v) is 5.30. The molecule has 138 valence electrons. The number of halogens is 5. The lowest BCUT2D eigenvalue weighted by Crippen LogP contribution is -2.35. The van der Waals surface area contributed by atoms with Crippen molar-refractivity contribution in [3.63, 3.8) is 0 Å². The first-order valence-corrected chi connectivity index (χ1v) is 6.99. The largest absolute Gasteiger partial charge is 0.481 e. The van der Waals surface area contributed by atoms with Crippen molar-refractivity contribution in [3.8, 4) is 5.75 Å². The topological polar surface area (TPSA) is 78.9 Å². The zero-order chi connectivity index (χ0) is 18.8. The Morgan fingerprint density at radius 1 is 1.24 bits per heavy atom. The predicted molar refractivity (Wildman–Crippen MR) is 74.3 cm³/mol. The van der Waals surface area contributed by atoms with E-state index < -0.39 is 49.7 Å². The number of para-hydroxylation sites is 2. The number of urea groups is 1. The van der Waals surface area contributed by atoms with Crippen LogP contribution in [0.4, 0.5) is 32.4 Å². The molecule has 11 heteroatoms. The summed E-state index contributed by atoms with van der Waals surface area (Å²) in [6.07, 6.45) is -4.78. The van der Waals surface area contributed by atoms with E-state index in [4.69, 9.17) is 5.11 Å². The van der Waals surface area contributed by atoms with Crippen LogP contribution in [-0.4, -0.2) is 47.9 Å². The smallest absolute Gasteiger partial charge is 0.394 e. The molecule has 6 nitrogen and oxygen atoms in total. The standard InChI is InChI=1S/C14H13F5N2O4/c15-12(16)25-10-4-2-1-3-9(10)20-13(24)21-5-7(11(22)23)8(6-21)14(17,18)19/h1-4,7-8,12H,5-6H2,(H,20,24)(H,22,23)/t7-,8-/m1/s1. The lowest BCUT2D eigenvalue weighted by molar-refractivity contribution is -0.187. The third-order valence-corrected chi connectivity index (χ3v) is 3.69. The Bertz CT molecular complexity index is 652. The van der Waals surface area contributed by atoms with E-state index in [0.29, 0.717) is 4.90 Å². The maximum absolute atomic E-state index is 12.9. The number of nitrogens with zero attached hydrogens (tertiary/aromatic N) is 1. The van der Waals surface area contributed by atoms with Crippen molar-refractivity contribution in [2.75, 3.05) is 18.4 Å². The molecule has 1 fully saturated rings. The summed E-state index contributed by atoms with van der Waals surface area (Å²) in [7, 11) is 0. The molecule has 2 atom stereocenters. The van der Waals surface area contributed by atoms with Crippen LogP contribution < -0.4 is 10.1 Å². The second-order valence-electron chi connectivity index (χ2n) is 5.30. The molecular weight excluding hydrogens is 355 g/mol. The zero-order valence-electron chi connectivity index (χ0n) is 12.5. The fourth-order valence-corrected chi connectivity index (χ4v) is 2.51. The summed E-state index contributed by atoms with van der Waals surface area (Å²) in [5.74, 6) is -6.03. The molecule has 0 aromatic heterocycles. The van der Waals surface area contributed by atoms with Gasteiger partial charge in [0.15, 0.2) is 0 Å². The first-order chi connectivity index (χ1) is 11.6. The van der Waals surface area contributed by atoms with Gasteiger partial charge in [-0.25, -0.2) is 4.79 Å². The molecule has 1 aliphatic rings. The number of benzene rings is 1. The van der Waals surface area contributed by atoms with Crippen molar-refractivity contribution >= 4 is 17.7 Å². The molecule has 2 N–H and O–H groups in total. The number of likely N-dealkylation sites (tertiary alicyclic amines) is 1. The number of hydrogen-bond acceptors (Lipinski definition) is 3. The Morgan fingerprint density at radius 2 is 1.88 bits per heavy atom. The van der Waals surface area contributed by atoms with Crippen molar-refractivity contribution in [1.82, 2.24) is 4.90 Å². The Hall–Kier alpha value is -2.59. The van der Waals surface area contributed by atoms with Crippen molar-refractivity contribution in [2.45, 2.75) is 12.8 Å². The molecule has 0 unspecified atom stereocenters. The van der Waals surface area contributed by atoms with Crippen LogP contribution in [0, 0.1) is 11.8 Å². The molecule has 0 radical (unpaired) electrons. The number of rotatable bonds is 4. The highest BCUT2D eigenvalue weighted by Gasteiger charge is 2.53. The maximum Gasteiger partial charge on any atom is 0.394 e. The van der Waals surface area contributed by atoms with Crippen molar-refractivity contribution in [1.29, 1.82) is 0 Å². The molecule has 25 heavy (non-hydrogen) atoms. The number of carbonyl (C=O) groups is 2. The van der Waals surface area contributed by atoms with E-state index in [1.54, 1.807) is 0 Å². The van der Waals surface area contributed by atoms with Gasteiger partial charge in [-0.05, 0) is 12.1 Å². The number of hydrogen-bond donors (Lipinski definition) is 2. The Morgan fingerprint density at radius 3 is 2.40 bits per heavy atom. The van der Waals surface area contributed by atoms with E-state index in [1.807, 2.05) is 0 Å². The van der Waals surface area contributed by atoms with E-state index in [1.165, 1.54) is 18.2 Å². The first kappa shape index (κ1) is 18.7. The van der Waals surface area contributed by atoms with E-state index in [0.717, 1.165) is 6.07 Å². The van der Waals surface area contributed by atoms with Crippen LogP contribution in [0.25, 0.3) is 0 Å². The van der Waals surface area contributed by atoms with Crippen LogP contribution in [0.1, 0.15) is 0 Å². The van der Waals surface area contributed by atoms with Crippen LogP contribution in [-0.2, 0) is 4.79 Å². The third kappa shape index (κ3) is 4.48. The van der Waals surface area contributed by atoms with E-state index >= 15 is 0 Å². The van der Waals surface area contributed by atoms with Crippen molar-refractivity contribution in [2.24, 2.45) is 11.8 Å². The lowest BCUT2D eigenvalue weighted by atomic mass is 9.96. The molecule has 0 bridgehead atoms. The number of ether oxygens (including phenoxy) is 1. The molecule has 2 rings (SSSR count). The summed E-state index contributed by atoms with van der Waals surface area (Å²) < 4.78 is 67.6. The van der Waals surface area contributed by atoms with Gasteiger partial charge in [0.2, 0.25) is 0 Å². The summed E-state index contributed by atoms with van der Waals surface area (Å²) >= 11 is 0. The molecule has 0 spiro atoms. The SMILES string of the molecule is O=C(O)[C@@H]1CN(C(=O)Nc2ccccc2OC(F)F)C[C@H]1C(F)(F)F. The van der Waals surface area contributed by atoms with Gasteiger partial charge in [0.25, 0.3) is 0 Å². The lowest BCUT2D eigenvalue weighted by Gasteiger charge is -2.19. The number of amides is 2. The molecule has 1 aromatic carbocycles. The summed E-state index contributed by atoms with van der Waals surface area (Å²) in [6.45, 7) is -4.65. The number of carboxylic acids is 1. The van der Waals surface area contributed by atoms with E-state index in [2.05, 4.69) is 10.1 Å². The van der Waals surface area contributed by atoms with E-state index in [-0.39, 0.29) is 11.4 Å². The number of carboxylic acid groups (broad SMARTS) is 1. The van der Waals surface area contributed by atoms with Gasteiger partial charge in [0.1, 0.15) is 5.75 Å². The average Bonchev–Trinajstić information content (AvgIpc) is 2.94. The second kappa shape index (κ2) is 7.11. The summed E-state index contributed by atoms with van der Waals surface area (Å²) in [5, 5.41) is 11.1. The van der Waals surface area contributed by atoms with Gasteiger partial charge in [-0.2, -0.15) is 22.0 Å². The zero-order valence-corrected chi connectivity index (χ0v) is 12.5. The molecule has 1 heterocycles. The molecule has 0 saturated carbocycles. The number of anilines is 1. The Kier molecular flexibility index (Phi) is 5.33. The summed E-state index contributed by atoms with van der Waals surface area (Å²) in [6, 6.07) is 4.09. The van der Waals surface area contributed by atoms with Gasteiger partial charge in [-0.15, -0.1) is 0 Å². The maximum atomic E-state index is 12.9. The van der Waals surface area contributed by atoms with Gasteiger partial charge >= 0.3 is 24.8 Å². The number of aliphatic carboxylic acids is 1. The Labute approximate surface area is 138 Å². The highest BCUT2D eigenvalue weighted by molar-refractivity contribution is 5.91. The third-order valence-electron chi connectivity index (χ3n) is 3.69. The van der Waals surface area contributed by atoms with Crippen LogP contribution in [0.3, 0.4) is 0 Å². The van der Waals surface area contributed by atoms with Crippen LogP contribution in [0.5, 0.6) is 5.75 Å². The number of alkyl halides is 5. The van der Waals surface area contributed by atoms with Crippen molar-refractivity contribution < 1.29 is 41.4 Å². The number of nitrogens with one attached hydrogen (secondary N) is 1. The molecule has 1 saturated heterocycles. The van der Waals surface area contributed by atoms with E-state index in [9.17, 15) is 31.5 Å². The number of carbonyl (C=O) groups excluding carboxylic acids is 1. The molecule has 1 aliphatic heterocycles. The van der Waals surface area contributed by atoms with Gasteiger partial charge < -0.3 is 20.1 Å². The summed E-state index contributed by atoms with van der Waals surface area (Å²) in [5.41, 5.74) is -0.171. The molecule has 0 aliphatic carbocycles. The highest BCUT2D eigenvalue weighted by atomic mass is 19.4. The van der Waals surface area contributed by atoms with Crippen LogP contribution >= 0.6 is 0 Å². The van der Waals surface area contributed by atoms with Gasteiger partial charge in [-0.3, -0.25) is 4.79 Å². The van der Waals surface area contributed by atoms with Crippen LogP contribution in [0.2, 0.25) is 0 Å². The first-order valence-electron chi connectivity index (χ1n) is 6.99. The van der Waals surface area contributed by atoms with Gasteiger partial charge in [0.05, 0.1) is 17.5 Å². The minimum absolute atomic E-state index is 0.171. The fraction of sp³-hybridized carbons (Fsp3) is 0.429. The molecule has 1 aromatic rings. The minimum atomic E-state index is -4.78. The predicted octanol–water partition coefficient (Wildman–Crippen LogP) is 3.01. The average molecular weight is 368 g/mol. The monoisotopic (exact) mass is 368 g/mol. The normalized spacial score (nSPS) is 20.6. The summed E-state index contributed by atoms with van der Waals surface area (Å²) in [4.78, 5) is 23.8.